The van der Waals surface area contributed by atoms with Gasteiger partial charge in [-0.1, -0.05) is 0 Å². The standard InChI is InChI=1S/C11H22N2O2/c1-9(2)13-11(14)5-8-15-10-3-6-12-7-4-10/h9-10,12H,3-8H2,1-2H3,(H,13,14). The van der Waals surface area contributed by atoms with Crippen LogP contribution in [0.3, 0.4) is 0 Å². The van der Waals surface area contributed by atoms with Gasteiger partial charge in [-0.15, -0.1) is 0 Å². The van der Waals surface area contributed by atoms with Gasteiger partial charge in [0.2, 0.25) is 5.91 Å². The minimum absolute atomic E-state index is 0.0823. The second-order valence-corrected chi connectivity index (χ2v) is 4.29. The Morgan fingerprint density at radius 2 is 2.13 bits per heavy atom. The quantitative estimate of drug-likeness (QED) is 0.707. The van der Waals surface area contributed by atoms with Gasteiger partial charge >= 0.3 is 0 Å². The molecule has 0 bridgehead atoms. The van der Waals surface area contributed by atoms with Crippen LogP contribution in [0.5, 0.6) is 0 Å². The van der Waals surface area contributed by atoms with Gasteiger partial charge in [-0.25, -0.2) is 0 Å². The molecule has 0 spiro atoms. The Balaban J connectivity index is 2.02. The van der Waals surface area contributed by atoms with Gasteiger partial charge in [-0.3, -0.25) is 4.79 Å². The molecule has 0 unspecified atom stereocenters. The van der Waals surface area contributed by atoms with Crippen LogP contribution in [-0.2, 0) is 9.53 Å². The Labute approximate surface area is 91.8 Å². The number of piperidine rings is 1. The van der Waals surface area contributed by atoms with E-state index in [9.17, 15) is 4.79 Å². The summed E-state index contributed by atoms with van der Waals surface area (Å²) in [4.78, 5) is 11.3. The Bertz CT molecular complexity index is 189. The molecular formula is C11H22N2O2. The highest BCUT2D eigenvalue weighted by Gasteiger charge is 2.13. The molecule has 1 fully saturated rings. The average Bonchev–Trinajstić information content (AvgIpc) is 2.18. The average molecular weight is 214 g/mol. The molecule has 0 atom stereocenters. The summed E-state index contributed by atoms with van der Waals surface area (Å²) in [7, 11) is 0. The number of amides is 1. The smallest absolute Gasteiger partial charge is 0.222 e. The highest BCUT2D eigenvalue weighted by Crippen LogP contribution is 2.07. The van der Waals surface area contributed by atoms with Crippen LogP contribution in [0, 0.1) is 0 Å². The molecule has 1 heterocycles. The molecule has 1 aliphatic rings. The van der Waals surface area contributed by atoms with Crippen molar-refractivity contribution in [1.29, 1.82) is 0 Å². The molecule has 1 saturated heterocycles. The van der Waals surface area contributed by atoms with Gasteiger partial charge < -0.3 is 15.4 Å². The van der Waals surface area contributed by atoms with Crippen LogP contribution < -0.4 is 10.6 Å². The van der Waals surface area contributed by atoms with Crippen LogP contribution in [0.15, 0.2) is 0 Å². The van der Waals surface area contributed by atoms with Crippen molar-refractivity contribution in [1.82, 2.24) is 10.6 Å². The molecule has 0 aliphatic carbocycles. The summed E-state index contributed by atoms with van der Waals surface area (Å²) in [6, 6.07) is 0.219. The van der Waals surface area contributed by atoms with E-state index in [0.717, 1.165) is 25.9 Å². The molecule has 0 saturated carbocycles. The van der Waals surface area contributed by atoms with E-state index in [2.05, 4.69) is 10.6 Å². The van der Waals surface area contributed by atoms with Crippen LogP contribution in [0.1, 0.15) is 33.1 Å². The van der Waals surface area contributed by atoms with Gasteiger partial charge in [0.25, 0.3) is 0 Å². The van der Waals surface area contributed by atoms with Crippen molar-refractivity contribution in [3.8, 4) is 0 Å². The molecule has 4 nitrogen and oxygen atoms in total. The number of carbonyl (C=O) groups excluding carboxylic acids is 1. The van der Waals surface area contributed by atoms with Crippen molar-refractivity contribution in [3.05, 3.63) is 0 Å². The predicted octanol–water partition coefficient (Wildman–Crippen LogP) is 0.670. The van der Waals surface area contributed by atoms with Gasteiger partial charge in [0, 0.05) is 12.5 Å². The van der Waals surface area contributed by atoms with Crippen LogP contribution in [0.25, 0.3) is 0 Å². The fourth-order valence-corrected chi connectivity index (χ4v) is 1.67. The number of nitrogens with one attached hydrogen (secondary N) is 2. The Morgan fingerprint density at radius 3 is 2.73 bits per heavy atom. The van der Waals surface area contributed by atoms with Crippen LogP contribution >= 0.6 is 0 Å². The van der Waals surface area contributed by atoms with Gasteiger partial charge in [0.1, 0.15) is 0 Å². The van der Waals surface area contributed by atoms with Crippen molar-refractivity contribution in [3.63, 3.8) is 0 Å². The normalized spacial score (nSPS) is 18.1. The van der Waals surface area contributed by atoms with E-state index >= 15 is 0 Å². The third-order valence-corrected chi connectivity index (χ3v) is 2.42. The summed E-state index contributed by atoms with van der Waals surface area (Å²) in [6.07, 6.45) is 2.94. The summed E-state index contributed by atoms with van der Waals surface area (Å²) in [5.74, 6) is 0.0823. The molecule has 0 aromatic carbocycles. The van der Waals surface area contributed by atoms with E-state index in [1.807, 2.05) is 13.8 Å². The first-order valence-electron chi connectivity index (χ1n) is 5.80. The predicted molar refractivity (Wildman–Crippen MR) is 59.7 cm³/mol. The summed E-state index contributed by atoms with van der Waals surface area (Å²) >= 11 is 0. The zero-order valence-corrected chi connectivity index (χ0v) is 9.71. The summed E-state index contributed by atoms with van der Waals surface area (Å²) in [6.45, 7) is 6.53. The lowest BCUT2D eigenvalue weighted by Gasteiger charge is -2.22. The topological polar surface area (TPSA) is 50.4 Å². The fraction of sp³-hybridized carbons (Fsp3) is 0.909. The van der Waals surface area contributed by atoms with Gasteiger partial charge in [-0.2, -0.15) is 0 Å². The maximum absolute atomic E-state index is 11.3. The van der Waals surface area contributed by atoms with Crippen molar-refractivity contribution >= 4 is 5.91 Å². The van der Waals surface area contributed by atoms with E-state index in [0.29, 0.717) is 19.1 Å². The van der Waals surface area contributed by atoms with Crippen molar-refractivity contribution in [2.45, 2.75) is 45.3 Å². The Hall–Kier alpha value is -0.610. The third kappa shape index (κ3) is 5.74. The van der Waals surface area contributed by atoms with Crippen LogP contribution in [0.2, 0.25) is 0 Å². The van der Waals surface area contributed by atoms with Gasteiger partial charge in [0.15, 0.2) is 0 Å². The van der Waals surface area contributed by atoms with E-state index in [-0.39, 0.29) is 11.9 Å². The largest absolute Gasteiger partial charge is 0.378 e. The Morgan fingerprint density at radius 1 is 1.47 bits per heavy atom. The first-order valence-corrected chi connectivity index (χ1v) is 5.80. The second kappa shape index (κ2) is 6.80. The molecule has 2 N–H and O–H groups in total. The molecular weight excluding hydrogens is 192 g/mol. The lowest BCUT2D eigenvalue weighted by molar-refractivity contribution is -0.123. The fourth-order valence-electron chi connectivity index (χ4n) is 1.67. The lowest BCUT2D eigenvalue weighted by Crippen LogP contribution is -2.34. The molecule has 88 valence electrons. The SMILES string of the molecule is CC(C)NC(=O)CCOC1CCNCC1. The minimum Gasteiger partial charge on any atom is -0.378 e. The maximum Gasteiger partial charge on any atom is 0.222 e. The summed E-state index contributed by atoms with van der Waals surface area (Å²) in [5.41, 5.74) is 0. The molecule has 1 amide bonds. The number of hydrogen-bond donors (Lipinski definition) is 2. The summed E-state index contributed by atoms with van der Waals surface area (Å²) in [5, 5.41) is 6.13. The van der Waals surface area contributed by atoms with E-state index < -0.39 is 0 Å². The van der Waals surface area contributed by atoms with Crippen LogP contribution in [-0.4, -0.2) is 37.7 Å². The molecule has 0 aromatic rings. The molecule has 1 rings (SSSR count). The van der Waals surface area contributed by atoms with Crippen LogP contribution in [0.4, 0.5) is 0 Å². The third-order valence-electron chi connectivity index (χ3n) is 2.42. The van der Waals surface area contributed by atoms with E-state index in [4.69, 9.17) is 4.74 Å². The van der Waals surface area contributed by atoms with E-state index in [1.54, 1.807) is 0 Å². The number of carbonyl (C=O) groups is 1. The van der Waals surface area contributed by atoms with Crippen molar-refractivity contribution in [2.75, 3.05) is 19.7 Å². The monoisotopic (exact) mass is 214 g/mol. The Kier molecular flexibility index (Phi) is 5.65. The molecule has 4 heteroatoms. The minimum atomic E-state index is 0.0823. The highest BCUT2D eigenvalue weighted by molar-refractivity contribution is 5.76. The van der Waals surface area contributed by atoms with Gasteiger partial charge in [0.05, 0.1) is 12.7 Å². The van der Waals surface area contributed by atoms with Gasteiger partial charge in [-0.05, 0) is 39.8 Å². The first kappa shape index (κ1) is 12.5. The zero-order valence-electron chi connectivity index (χ0n) is 9.71. The van der Waals surface area contributed by atoms with E-state index in [1.165, 1.54) is 0 Å². The number of hydrogen-bond acceptors (Lipinski definition) is 3. The lowest BCUT2D eigenvalue weighted by atomic mass is 10.1. The first-order chi connectivity index (χ1) is 7.18. The molecule has 0 radical (unpaired) electrons. The highest BCUT2D eigenvalue weighted by atomic mass is 16.5. The molecule has 0 aromatic heterocycles. The number of rotatable bonds is 5. The van der Waals surface area contributed by atoms with Crippen molar-refractivity contribution in [2.24, 2.45) is 0 Å². The second-order valence-electron chi connectivity index (χ2n) is 4.29. The molecule has 15 heavy (non-hydrogen) atoms. The van der Waals surface area contributed by atoms with Crippen molar-refractivity contribution < 1.29 is 9.53 Å². The number of ether oxygens (including phenoxy) is 1. The molecule has 1 aliphatic heterocycles. The summed E-state index contributed by atoms with van der Waals surface area (Å²) < 4.78 is 5.63. The zero-order chi connectivity index (χ0) is 11.1. The maximum atomic E-state index is 11.3.